The van der Waals surface area contributed by atoms with Crippen molar-refractivity contribution in [1.82, 2.24) is 20.2 Å². The Labute approximate surface area is 165 Å². The van der Waals surface area contributed by atoms with Crippen LogP contribution >= 0.6 is 0 Å². The van der Waals surface area contributed by atoms with Gasteiger partial charge in [-0.2, -0.15) is 0 Å². The van der Waals surface area contributed by atoms with Gasteiger partial charge in [-0.25, -0.2) is 13.8 Å². The van der Waals surface area contributed by atoms with E-state index in [0.717, 1.165) is 23.2 Å². The van der Waals surface area contributed by atoms with Gasteiger partial charge in [0.05, 0.1) is 23.1 Å². The maximum absolute atomic E-state index is 13.8. The van der Waals surface area contributed by atoms with Crippen LogP contribution in [0.4, 0.5) is 8.78 Å². The van der Waals surface area contributed by atoms with Crippen molar-refractivity contribution < 1.29 is 18.4 Å². The Hall–Kier alpha value is -3.29. The van der Waals surface area contributed by atoms with Gasteiger partial charge in [0.15, 0.2) is 0 Å². The number of aromatic amines is 1. The van der Waals surface area contributed by atoms with Gasteiger partial charge >= 0.3 is 0 Å². The van der Waals surface area contributed by atoms with E-state index >= 15 is 0 Å². The highest BCUT2D eigenvalue weighted by molar-refractivity contribution is 5.94. The zero-order valence-corrected chi connectivity index (χ0v) is 15.6. The molecule has 1 aliphatic heterocycles. The highest BCUT2D eigenvalue weighted by atomic mass is 19.1. The fourth-order valence-corrected chi connectivity index (χ4v) is 3.58. The molecule has 1 saturated heterocycles. The third kappa shape index (κ3) is 4.11. The van der Waals surface area contributed by atoms with Gasteiger partial charge in [0, 0.05) is 25.1 Å². The van der Waals surface area contributed by atoms with E-state index in [1.807, 2.05) is 24.3 Å². The average molecular weight is 398 g/mol. The third-order valence-corrected chi connectivity index (χ3v) is 5.18. The van der Waals surface area contributed by atoms with E-state index in [9.17, 15) is 18.4 Å². The van der Waals surface area contributed by atoms with Gasteiger partial charge in [0.2, 0.25) is 5.91 Å². The van der Waals surface area contributed by atoms with Crippen molar-refractivity contribution in [2.45, 2.75) is 19.4 Å². The molecule has 1 aromatic heterocycles. The summed E-state index contributed by atoms with van der Waals surface area (Å²) in [4.78, 5) is 34.0. The number of likely N-dealkylation sites (tertiary alicyclic amines) is 1. The number of hydrogen-bond donors (Lipinski definition) is 2. The van der Waals surface area contributed by atoms with Gasteiger partial charge in [-0.15, -0.1) is 0 Å². The lowest BCUT2D eigenvalue weighted by Crippen LogP contribution is -2.43. The Kier molecular flexibility index (Phi) is 5.24. The monoisotopic (exact) mass is 398 g/mol. The van der Waals surface area contributed by atoms with Crippen LogP contribution in [0.15, 0.2) is 42.5 Å². The molecule has 150 valence electrons. The van der Waals surface area contributed by atoms with E-state index in [0.29, 0.717) is 44.4 Å². The SMILES string of the molecule is O=C(NCc1nc2ccccc2[nH]1)C1CCN(C(=O)c2ccc(F)cc2F)CC1. The summed E-state index contributed by atoms with van der Waals surface area (Å²) in [5.41, 5.74) is 1.60. The summed E-state index contributed by atoms with van der Waals surface area (Å²) in [6, 6.07) is 10.5. The maximum Gasteiger partial charge on any atom is 0.256 e. The highest BCUT2D eigenvalue weighted by Gasteiger charge is 2.29. The van der Waals surface area contributed by atoms with Gasteiger partial charge in [-0.1, -0.05) is 12.1 Å². The van der Waals surface area contributed by atoms with Crippen molar-refractivity contribution in [3.63, 3.8) is 0 Å². The standard InChI is InChI=1S/C21H20F2N4O2/c22-14-5-6-15(16(23)11-14)21(29)27-9-7-13(8-10-27)20(28)24-12-19-25-17-3-1-2-4-18(17)26-19/h1-6,11,13H,7-10,12H2,(H,24,28)(H,25,26). The van der Waals surface area contributed by atoms with Crippen molar-refractivity contribution in [1.29, 1.82) is 0 Å². The second-order valence-electron chi connectivity index (χ2n) is 7.11. The number of fused-ring (bicyclic) bond motifs is 1. The second-order valence-corrected chi connectivity index (χ2v) is 7.11. The molecule has 2 N–H and O–H groups in total. The van der Waals surface area contributed by atoms with Gasteiger partial charge in [-0.3, -0.25) is 9.59 Å². The van der Waals surface area contributed by atoms with Crippen LogP contribution in [0.1, 0.15) is 29.0 Å². The molecule has 0 bridgehead atoms. The van der Waals surface area contributed by atoms with Crippen molar-refractivity contribution >= 4 is 22.8 Å². The molecule has 0 unspecified atom stereocenters. The van der Waals surface area contributed by atoms with Crippen molar-refractivity contribution in [3.05, 3.63) is 65.5 Å². The molecule has 2 heterocycles. The first-order chi connectivity index (χ1) is 14.0. The predicted molar refractivity (Wildman–Crippen MR) is 103 cm³/mol. The first kappa shape index (κ1) is 19.0. The van der Waals surface area contributed by atoms with E-state index in [1.54, 1.807) is 0 Å². The molecule has 2 amide bonds. The zero-order valence-electron chi connectivity index (χ0n) is 15.6. The highest BCUT2D eigenvalue weighted by Crippen LogP contribution is 2.21. The quantitative estimate of drug-likeness (QED) is 0.709. The summed E-state index contributed by atoms with van der Waals surface area (Å²) < 4.78 is 26.9. The smallest absolute Gasteiger partial charge is 0.256 e. The number of halogens is 2. The van der Waals surface area contributed by atoms with Gasteiger partial charge in [0.1, 0.15) is 17.5 Å². The summed E-state index contributed by atoms with van der Waals surface area (Å²) in [5, 5.41) is 2.88. The number of para-hydroxylation sites is 2. The van der Waals surface area contributed by atoms with E-state index in [-0.39, 0.29) is 17.4 Å². The molecule has 3 aromatic rings. The van der Waals surface area contributed by atoms with Gasteiger partial charge in [0.25, 0.3) is 5.91 Å². The topological polar surface area (TPSA) is 78.1 Å². The predicted octanol–water partition coefficient (Wildman–Crippen LogP) is 3.01. The van der Waals surface area contributed by atoms with Crippen LogP contribution in [-0.4, -0.2) is 39.8 Å². The minimum atomic E-state index is -0.874. The molecule has 1 aliphatic rings. The number of imidazole rings is 1. The number of piperidine rings is 1. The van der Waals surface area contributed by atoms with Crippen molar-refractivity contribution in [2.75, 3.05) is 13.1 Å². The van der Waals surface area contributed by atoms with Gasteiger partial charge in [-0.05, 0) is 37.1 Å². The number of hydrogen-bond acceptors (Lipinski definition) is 3. The summed E-state index contributed by atoms with van der Waals surface area (Å²) in [5.74, 6) is -1.71. The Morgan fingerprint density at radius 1 is 1.14 bits per heavy atom. The van der Waals surface area contributed by atoms with Crippen molar-refractivity contribution in [2.24, 2.45) is 5.92 Å². The average Bonchev–Trinajstić information content (AvgIpc) is 3.15. The first-order valence-electron chi connectivity index (χ1n) is 9.47. The molecular weight excluding hydrogens is 378 g/mol. The van der Waals surface area contributed by atoms with Crippen molar-refractivity contribution in [3.8, 4) is 0 Å². The number of benzene rings is 2. The second kappa shape index (κ2) is 7.98. The lowest BCUT2D eigenvalue weighted by Gasteiger charge is -2.31. The molecule has 0 saturated carbocycles. The van der Waals surface area contributed by atoms with E-state index in [1.165, 1.54) is 4.90 Å². The van der Waals surface area contributed by atoms with Crippen LogP contribution in [-0.2, 0) is 11.3 Å². The number of amides is 2. The van der Waals surface area contributed by atoms with Crippen LogP contribution in [0.5, 0.6) is 0 Å². The van der Waals surface area contributed by atoms with E-state index in [2.05, 4.69) is 15.3 Å². The van der Waals surface area contributed by atoms with Crippen LogP contribution in [0.25, 0.3) is 11.0 Å². The summed E-state index contributed by atoms with van der Waals surface area (Å²) >= 11 is 0. The number of nitrogens with one attached hydrogen (secondary N) is 2. The number of H-pyrrole nitrogens is 1. The Morgan fingerprint density at radius 3 is 2.62 bits per heavy atom. The normalized spacial score (nSPS) is 14.9. The minimum absolute atomic E-state index is 0.0921. The number of aromatic nitrogens is 2. The number of carbonyl (C=O) groups is 2. The fraction of sp³-hybridized carbons (Fsp3) is 0.286. The lowest BCUT2D eigenvalue weighted by atomic mass is 9.95. The Balaban J connectivity index is 1.30. The van der Waals surface area contributed by atoms with Crippen LogP contribution < -0.4 is 5.32 Å². The zero-order chi connectivity index (χ0) is 20.4. The van der Waals surface area contributed by atoms with Crippen LogP contribution in [0.3, 0.4) is 0 Å². The molecule has 29 heavy (non-hydrogen) atoms. The molecule has 6 nitrogen and oxygen atoms in total. The molecule has 1 fully saturated rings. The summed E-state index contributed by atoms with van der Waals surface area (Å²) in [6.45, 7) is 0.990. The fourth-order valence-electron chi connectivity index (χ4n) is 3.58. The molecule has 0 spiro atoms. The molecule has 8 heteroatoms. The molecule has 4 rings (SSSR count). The molecule has 0 atom stereocenters. The maximum atomic E-state index is 13.8. The molecule has 0 radical (unpaired) electrons. The van der Waals surface area contributed by atoms with Crippen LogP contribution in [0, 0.1) is 17.6 Å². The molecule has 2 aromatic carbocycles. The Morgan fingerprint density at radius 2 is 1.90 bits per heavy atom. The number of carbonyl (C=O) groups excluding carboxylic acids is 2. The largest absolute Gasteiger partial charge is 0.349 e. The molecular formula is C21H20F2N4O2. The third-order valence-electron chi connectivity index (χ3n) is 5.18. The minimum Gasteiger partial charge on any atom is -0.349 e. The molecule has 0 aliphatic carbocycles. The van der Waals surface area contributed by atoms with E-state index < -0.39 is 17.5 Å². The first-order valence-corrected chi connectivity index (χ1v) is 9.47. The summed E-state index contributed by atoms with van der Waals surface area (Å²) in [7, 11) is 0. The number of nitrogens with zero attached hydrogens (tertiary/aromatic N) is 2. The lowest BCUT2D eigenvalue weighted by molar-refractivity contribution is -0.126. The van der Waals surface area contributed by atoms with Gasteiger partial charge < -0.3 is 15.2 Å². The van der Waals surface area contributed by atoms with E-state index in [4.69, 9.17) is 0 Å². The summed E-state index contributed by atoms with van der Waals surface area (Å²) in [6.07, 6.45) is 0.973. The van der Waals surface area contributed by atoms with Crippen LogP contribution in [0.2, 0.25) is 0 Å². The Bertz CT molecular complexity index is 1020. The number of rotatable bonds is 4.